The average molecular weight is 344 g/mol. The molecule has 4 heteroatoms. The first-order valence-electron chi connectivity index (χ1n) is 5.76. The first-order chi connectivity index (χ1) is 9.01. The van der Waals surface area contributed by atoms with Crippen molar-refractivity contribution in [2.45, 2.75) is 11.8 Å². The summed E-state index contributed by atoms with van der Waals surface area (Å²) < 4.78 is 18.8. The molecule has 0 aromatic heterocycles. The molecule has 0 aliphatic heterocycles. The van der Waals surface area contributed by atoms with E-state index in [1.165, 1.54) is 12.1 Å². The van der Waals surface area contributed by atoms with Gasteiger partial charge in [0.1, 0.15) is 11.6 Å². The highest BCUT2D eigenvalue weighted by Gasteiger charge is 2.16. The van der Waals surface area contributed by atoms with Gasteiger partial charge >= 0.3 is 0 Å². The Morgan fingerprint density at radius 3 is 2.58 bits per heavy atom. The van der Waals surface area contributed by atoms with Crippen molar-refractivity contribution in [2.75, 3.05) is 7.11 Å². The monoisotopic (exact) mass is 342 g/mol. The van der Waals surface area contributed by atoms with E-state index >= 15 is 0 Å². The van der Waals surface area contributed by atoms with E-state index in [9.17, 15) is 4.39 Å². The Morgan fingerprint density at radius 2 is 1.95 bits per heavy atom. The fraction of sp³-hybridized carbons (Fsp3) is 0.200. The second-order valence-electron chi connectivity index (χ2n) is 4.31. The normalized spacial score (nSPS) is 12.3. The Kier molecular flexibility index (Phi) is 4.48. The minimum atomic E-state index is -0.250. The molecule has 0 spiro atoms. The quantitative estimate of drug-likeness (QED) is 0.689. The lowest BCUT2D eigenvalue weighted by Gasteiger charge is -2.15. The van der Waals surface area contributed by atoms with Gasteiger partial charge in [-0.05, 0) is 48.4 Å². The number of alkyl halides is 1. The highest BCUT2D eigenvalue weighted by atomic mass is 79.9. The largest absolute Gasteiger partial charge is 0.496 e. The van der Waals surface area contributed by atoms with Gasteiger partial charge in [0.05, 0.1) is 11.9 Å². The van der Waals surface area contributed by atoms with Crippen LogP contribution in [0.5, 0.6) is 5.75 Å². The second-order valence-corrected chi connectivity index (χ2v) is 5.66. The lowest BCUT2D eigenvalue weighted by atomic mass is 10.0. The van der Waals surface area contributed by atoms with Gasteiger partial charge in [-0.2, -0.15) is 0 Å². The van der Waals surface area contributed by atoms with Gasteiger partial charge in [-0.1, -0.05) is 33.6 Å². The Balaban J connectivity index is 2.48. The van der Waals surface area contributed by atoms with Crippen LogP contribution in [0.3, 0.4) is 0 Å². The number of halogens is 3. The topological polar surface area (TPSA) is 9.23 Å². The van der Waals surface area contributed by atoms with Crippen molar-refractivity contribution >= 4 is 27.5 Å². The summed E-state index contributed by atoms with van der Waals surface area (Å²) in [5.41, 5.74) is 2.58. The van der Waals surface area contributed by atoms with Gasteiger partial charge < -0.3 is 4.74 Å². The molecule has 2 aromatic rings. The molecule has 0 bridgehead atoms. The minimum absolute atomic E-state index is 0.171. The molecule has 100 valence electrons. The van der Waals surface area contributed by atoms with Gasteiger partial charge in [0.25, 0.3) is 0 Å². The third-order valence-corrected chi connectivity index (χ3v) is 4.08. The third kappa shape index (κ3) is 3.28. The third-order valence-electron chi connectivity index (χ3n) is 2.82. The van der Waals surface area contributed by atoms with Crippen LogP contribution in [0.4, 0.5) is 4.39 Å². The first-order valence-corrected chi connectivity index (χ1v) is 7.05. The van der Waals surface area contributed by atoms with Gasteiger partial charge in [0.15, 0.2) is 0 Å². The van der Waals surface area contributed by atoms with Crippen LogP contribution in [-0.4, -0.2) is 7.11 Å². The van der Waals surface area contributed by atoms with Crippen molar-refractivity contribution in [3.8, 4) is 5.75 Å². The van der Waals surface area contributed by atoms with E-state index in [2.05, 4.69) is 15.9 Å². The summed E-state index contributed by atoms with van der Waals surface area (Å²) in [6.07, 6.45) is 0. The zero-order valence-electron chi connectivity index (χ0n) is 10.6. The smallest absolute Gasteiger partial charge is 0.123 e. The first kappa shape index (κ1) is 14.4. The summed E-state index contributed by atoms with van der Waals surface area (Å²) in [6, 6.07) is 10.3. The molecular formula is C15H13BrClFO. The van der Waals surface area contributed by atoms with Crippen LogP contribution in [0.1, 0.15) is 21.5 Å². The maximum Gasteiger partial charge on any atom is 0.123 e. The standard InChI is InChI=1S/C15H13BrClFO/c1-9-5-10(7-12(18)6-9)15(16)13-8-11(17)3-4-14(13)19-2/h3-8,15H,1-2H3. The molecule has 2 aromatic carbocycles. The van der Waals surface area contributed by atoms with Crippen molar-refractivity contribution in [1.29, 1.82) is 0 Å². The molecule has 1 nitrogen and oxygen atoms in total. The molecule has 0 radical (unpaired) electrons. The summed E-state index contributed by atoms with van der Waals surface area (Å²) in [5, 5.41) is 0.619. The van der Waals surface area contributed by atoms with E-state index in [1.54, 1.807) is 19.2 Å². The maximum atomic E-state index is 13.5. The summed E-state index contributed by atoms with van der Waals surface area (Å²) in [6.45, 7) is 1.86. The van der Waals surface area contributed by atoms with Crippen LogP contribution >= 0.6 is 27.5 Å². The molecule has 0 aliphatic carbocycles. The molecule has 0 amide bonds. The van der Waals surface area contributed by atoms with E-state index in [4.69, 9.17) is 16.3 Å². The molecule has 0 saturated carbocycles. The number of hydrogen-bond donors (Lipinski definition) is 0. The van der Waals surface area contributed by atoms with Crippen molar-refractivity contribution in [3.05, 3.63) is 63.9 Å². The van der Waals surface area contributed by atoms with E-state index in [1.807, 2.05) is 19.1 Å². The van der Waals surface area contributed by atoms with E-state index in [0.29, 0.717) is 10.8 Å². The minimum Gasteiger partial charge on any atom is -0.496 e. The van der Waals surface area contributed by atoms with E-state index in [-0.39, 0.29) is 10.6 Å². The van der Waals surface area contributed by atoms with E-state index < -0.39 is 0 Å². The summed E-state index contributed by atoms with van der Waals surface area (Å²) in [4.78, 5) is -0.171. The number of methoxy groups -OCH3 is 1. The summed E-state index contributed by atoms with van der Waals surface area (Å²) in [5.74, 6) is 0.466. The number of rotatable bonds is 3. The molecule has 2 rings (SSSR count). The molecule has 0 N–H and O–H groups in total. The molecule has 1 atom stereocenters. The van der Waals surface area contributed by atoms with Crippen molar-refractivity contribution < 1.29 is 9.13 Å². The van der Waals surface area contributed by atoms with Gasteiger partial charge in [-0.25, -0.2) is 4.39 Å². The average Bonchev–Trinajstić information content (AvgIpc) is 2.36. The van der Waals surface area contributed by atoms with Crippen molar-refractivity contribution in [1.82, 2.24) is 0 Å². The Bertz CT molecular complexity index is 580. The maximum absolute atomic E-state index is 13.5. The molecule has 0 saturated heterocycles. The fourth-order valence-electron chi connectivity index (χ4n) is 1.99. The van der Waals surface area contributed by atoms with Crippen LogP contribution in [-0.2, 0) is 0 Å². The highest BCUT2D eigenvalue weighted by Crippen LogP contribution is 2.38. The van der Waals surface area contributed by atoms with Crippen molar-refractivity contribution in [3.63, 3.8) is 0 Å². The zero-order chi connectivity index (χ0) is 14.0. The number of hydrogen-bond acceptors (Lipinski definition) is 1. The fourth-order valence-corrected chi connectivity index (χ4v) is 2.80. The van der Waals surface area contributed by atoms with E-state index in [0.717, 1.165) is 16.7 Å². The molecule has 0 fully saturated rings. The predicted octanol–water partition coefficient (Wildman–Crippen LogP) is 5.28. The number of aryl methyl sites for hydroxylation is 1. The Labute approximate surface area is 125 Å². The van der Waals surface area contributed by atoms with Gasteiger partial charge in [-0.15, -0.1) is 0 Å². The molecule has 0 heterocycles. The van der Waals surface area contributed by atoms with Crippen LogP contribution in [0.15, 0.2) is 36.4 Å². The number of benzene rings is 2. The molecular weight excluding hydrogens is 331 g/mol. The second kappa shape index (κ2) is 5.93. The van der Waals surface area contributed by atoms with Gasteiger partial charge in [-0.3, -0.25) is 0 Å². The summed E-state index contributed by atoms with van der Waals surface area (Å²) in [7, 11) is 1.60. The number of ether oxygens (including phenoxy) is 1. The molecule has 1 unspecified atom stereocenters. The Hall–Kier alpha value is -1.06. The molecule has 19 heavy (non-hydrogen) atoms. The Morgan fingerprint density at radius 1 is 1.21 bits per heavy atom. The SMILES string of the molecule is COc1ccc(Cl)cc1C(Br)c1cc(C)cc(F)c1. The van der Waals surface area contributed by atoms with Crippen LogP contribution in [0, 0.1) is 12.7 Å². The lowest BCUT2D eigenvalue weighted by Crippen LogP contribution is -1.98. The van der Waals surface area contributed by atoms with Crippen molar-refractivity contribution in [2.24, 2.45) is 0 Å². The van der Waals surface area contributed by atoms with Gasteiger partial charge in [0.2, 0.25) is 0 Å². The predicted molar refractivity (Wildman–Crippen MR) is 79.9 cm³/mol. The zero-order valence-corrected chi connectivity index (χ0v) is 12.9. The van der Waals surface area contributed by atoms with Crippen LogP contribution in [0.2, 0.25) is 5.02 Å². The summed E-state index contributed by atoms with van der Waals surface area (Å²) >= 11 is 9.60. The molecule has 0 aliphatic rings. The highest BCUT2D eigenvalue weighted by molar-refractivity contribution is 9.09. The van der Waals surface area contributed by atoms with Gasteiger partial charge in [0, 0.05) is 10.6 Å². The lowest BCUT2D eigenvalue weighted by molar-refractivity contribution is 0.410. The van der Waals surface area contributed by atoms with Crippen LogP contribution in [0.25, 0.3) is 0 Å². The van der Waals surface area contributed by atoms with Crippen LogP contribution < -0.4 is 4.74 Å².